The summed E-state index contributed by atoms with van der Waals surface area (Å²) in [5, 5.41) is 10.5. The van der Waals surface area contributed by atoms with Gasteiger partial charge in [0.2, 0.25) is 0 Å². The molecular weight excluding hydrogens is 223 g/mol. The van der Waals surface area contributed by atoms with Crippen molar-refractivity contribution < 1.29 is 18.0 Å². The van der Waals surface area contributed by atoms with E-state index in [2.05, 4.69) is 0 Å². The molecule has 1 rings (SSSR count). The Labute approximate surface area is 91.0 Å². The number of urea groups is 1. The van der Waals surface area contributed by atoms with Crippen LogP contribution in [0.4, 0.5) is 18.0 Å². The molecule has 4 nitrogen and oxygen atoms in total. The fourth-order valence-electron chi connectivity index (χ4n) is 1.59. The van der Waals surface area contributed by atoms with Crippen molar-refractivity contribution >= 4 is 6.03 Å². The third-order valence-electron chi connectivity index (χ3n) is 2.35. The average molecular weight is 235 g/mol. The van der Waals surface area contributed by atoms with Gasteiger partial charge in [-0.1, -0.05) is 0 Å². The summed E-state index contributed by atoms with van der Waals surface area (Å²) in [7, 11) is 0. The predicted molar refractivity (Wildman–Crippen MR) is 49.4 cm³/mol. The zero-order valence-electron chi connectivity index (χ0n) is 8.55. The smallest absolute Gasteiger partial charge is 0.329 e. The number of likely N-dealkylation sites (tertiary alicyclic amines) is 1. The summed E-state index contributed by atoms with van der Waals surface area (Å²) in [4.78, 5) is 12.5. The van der Waals surface area contributed by atoms with E-state index in [4.69, 9.17) is 5.26 Å². The molecule has 0 spiro atoms. The summed E-state index contributed by atoms with van der Waals surface area (Å²) in [5.74, 6) is 0. The molecule has 1 aliphatic rings. The highest BCUT2D eigenvalue weighted by Crippen LogP contribution is 2.17. The number of alkyl halides is 3. The molecule has 1 N–H and O–H groups in total. The van der Waals surface area contributed by atoms with E-state index in [-0.39, 0.29) is 0 Å². The standard InChI is InChI=1S/C9H12F3N3O/c10-9(11,12)6-14-8(16)15-4-2-1-3-7(15)5-13/h7H,1-4,6H2,(H,14,16). The number of rotatable bonds is 1. The van der Waals surface area contributed by atoms with Gasteiger partial charge in [-0.05, 0) is 19.3 Å². The Morgan fingerprint density at radius 3 is 2.75 bits per heavy atom. The fraction of sp³-hybridized carbons (Fsp3) is 0.778. The Morgan fingerprint density at radius 1 is 1.50 bits per heavy atom. The number of nitrogens with one attached hydrogen (secondary N) is 1. The molecule has 0 aromatic rings. The van der Waals surface area contributed by atoms with Crippen molar-refractivity contribution in [2.24, 2.45) is 0 Å². The molecule has 16 heavy (non-hydrogen) atoms. The number of nitriles is 1. The number of carbonyl (C=O) groups is 1. The zero-order chi connectivity index (χ0) is 12.2. The van der Waals surface area contributed by atoms with Crippen LogP contribution in [0.15, 0.2) is 0 Å². The average Bonchev–Trinajstić information content (AvgIpc) is 2.25. The lowest BCUT2D eigenvalue weighted by Gasteiger charge is -2.31. The first-order valence-corrected chi connectivity index (χ1v) is 4.95. The number of hydrogen-bond donors (Lipinski definition) is 1. The molecule has 0 aliphatic carbocycles. The molecule has 0 aromatic heterocycles. The van der Waals surface area contributed by atoms with Crippen LogP contribution in [-0.2, 0) is 0 Å². The molecule has 1 atom stereocenters. The Balaban J connectivity index is 2.49. The van der Waals surface area contributed by atoms with Gasteiger partial charge in [0.05, 0.1) is 6.07 Å². The highest BCUT2D eigenvalue weighted by molar-refractivity contribution is 5.75. The molecule has 0 bridgehead atoms. The highest BCUT2D eigenvalue weighted by Gasteiger charge is 2.31. The van der Waals surface area contributed by atoms with Crippen molar-refractivity contribution in [1.29, 1.82) is 5.26 Å². The number of halogens is 3. The van der Waals surface area contributed by atoms with Crippen LogP contribution in [0.3, 0.4) is 0 Å². The number of hydrogen-bond acceptors (Lipinski definition) is 2. The van der Waals surface area contributed by atoms with Crippen molar-refractivity contribution in [3.05, 3.63) is 0 Å². The number of carbonyl (C=O) groups excluding carboxylic acids is 1. The van der Waals surface area contributed by atoms with Gasteiger partial charge >= 0.3 is 12.2 Å². The minimum Gasteiger partial charge on any atom is -0.329 e. The van der Waals surface area contributed by atoms with Gasteiger partial charge in [-0.3, -0.25) is 0 Å². The van der Waals surface area contributed by atoms with E-state index in [0.29, 0.717) is 13.0 Å². The van der Waals surface area contributed by atoms with Crippen LogP contribution in [0.25, 0.3) is 0 Å². The van der Waals surface area contributed by atoms with Gasteiger partial charge in [0.25, 0.3) is 0 Å². The van der Waals surface area contributed by atoms with Crippen LogP contribution >= 0.6 is 0 Å². The fourth-order valence-corrected chi connectivity index (χ4v) is 1.59. The van der Waals surface area contributed by atoms with Crippen molar-refractivity contribution in [2.75, 3.05) is 13.1 Å². The number of amides is 2. The van der Waals surface area contributed by atoms with Gasteiger partial charge in [0.15, 0.2) is 0 Å². The largest absolute Gasteiger partial charge is 0.405 e. The second kappa shape index (κ2) is 5.05. The van der Waals surface area contributed by atoms with Gasteiger partial charge in [-0.15, -0.1) is 0 Å². The minimum atomic E-state index is -4.42. The van der Waals surface area contributed by atoms with Crippen LogP contribution in [0.1, 0.15) is 19.3 Å². The van der Waals surface area contributed by atoms with Crippen LogP contribution in [0.5, 0.6) is 0 Å². The van der Waals surface area contributed by atoms with Crippen LogP contribution in [0.2, 0.25) is 0 Å². The third kappa shape index (κ3) is 3.61. The van der Waals surface area contributed by atoms with Gasteiger partial charge < -0.3 is 10.2 Å². The maximum Gasteiger partial charge on any atom is 0.405 e. The van der Waals surface area contributed by atoms with E-state index in [1.807, 2.05) is 6.07 Å². The Hall–Kier alpha value is -1.45. The summed E-state index contributed by atoms with van der Waals surface area (Å²) < 4.78 is 35.6. The molecule has 1 fully saturated rings. The molecule has 0 saturated carbocycles. The summed E-state index contributed by atoms with van der Waals surface area (Å²) in [6.07, 6.45) is -2.36. The molecular formula is C9H12F3N3O. The summed E-state index contributed by atoms with van der Waals surface area (Å²) >= 11 is 0. The molecule has 0 aromatic carbocycles. The normalized spacial score (nSPS) is 21.4. The molecule has 1 aliphatic heterocycles. The second-order valence-electron chi connectivity index (χ2n) is 3.61. The molecule has 90 valence electrons. The summed E-state index contributed by atoms with van der Waals surface area (Å²) in [6.45, 7) is -1.03. The van der Waals surface area contributed by atoms with Crippen LogP contribution in [-0.4, -0.2) is 36.2 Å². The zero-order valence-corrected chi connectivity index (χ0v) is 8.55. The van der Waals surface area contributed by atoms with E-state index in [1.54, 1.807) is 5.32 Å². The lowest BCUT2D eigenvalue weighted by molar-refractivity contribution is -0.123. The maximum absolute atomic E-state index is 11.9. The highest BCUT2D eigenvalue weighted by atomic mass is 19.4. The van der Waals surface area contributed by atoms with Gasteiger partial charge in [-0.2, -0.15) is 18.4 Å². The van der Waals surface area contributed by atoms with Gasteiger partial charge in [0, 0.05) is 6.54 Å². The SMILES string of the molecule is N#CC1CCCCN1C(=O)NCC(F)(F)F. The monoisotopic (exact) mass is 235 g/mol. The van der Waals surface area contributed by atoms with Crippen molar-refractivity contribution in [2.45, 2.75) is 31.5 Å². The van der Waals surface area contributed by atoms with Crippen molar-refractivity contribution in [3.63, 3.8) is 0 Å². The van der Waals surface area contributed by atoms with Crippen molar-refractivity contribution in [3.8, 4) is 6.07 Å². The van der Waals surface area contributed by atoms with E-state index < -0.39 is 24.8 Å². The Morgan fingerprint density at radius 2 is 2.19 bits per heavy atom. The quantitative estimate of drug-likeness (QED) is 0.751. The second-order valence-corrected chi connectivity index (χ2v) is 3.61. The first kappa shape index (κ1) is 12.6. The van der Waals surface area contributed by atoms with E-state index in [0.717, 1.165) is 17.7 Å². The molecule has 2 amide bonds. The topological polar surface area (TPSA) is 56.1 Å². The number of piperidine rings is 1. The van der Waals surface area contributed by atoms with Crippen molar-refractivity contribution in [1.82, 2.24) is 10.2 Å². The maximum atomic E-state index is 11.9. The Kier molecular flexibility index (Phi) is 3.99. The van der Waals surface area contributed by atoms with Crippen LogP contribution < -0.4 is 5.32 Å². The molecule has 1 saturated heterocycles. The lowest BCUT2D eigenvalue weighted by Crippen LogP contribution is -2.49. The first-order chi connectivity index (χ1) is 7.44. The molecule has 0 radical (unpaired) electrons. The minimum absolute atomic E-state index is 0.335. The third-order valence-corrected chi connectivity index (χ3v) is 2.35. The molecule has 1 heterocycles. The first-order valence-electron chi connectivity index (χ1n) is 4.95. The summed E-state index contributed by atoms with van der Waals surface area (Å²) in [6, 6.07) is 0.490. The molecule has 1 unspecified atom stereocenters. The van der Waals surface area contributed by atoms with E-state index in [1.165, 1.54) is 0 Å². The summed E-state index contributed by atoms with van der Waals surface area (Å²) in [5.41, 5.74) is 0. The molecule has 7 heteroatoms. The Bertz CT molecular complexity index is 297. The van der Waals surface area contributed by atoms with Gasteiger partial charge in [-0.25, -0.2) is 4.79 Å². The predicted octanol–water partition coefficient (Wildman–Crippen LogP) is 1.64. The lowest BCUT2D eigenvalue weighted by atomic mass is 10.0. The van der Waals surface area contributed by atoms with Gasteiger partial charge in [0.1, 0.15) is 12.6 Å². The van der Waals surface area contributed by atoms with E-state index in [9.17, 15) is 18.0 Å². The van der Waals surface area contributed by atoms with Crippen LogP contribution in [0, 0.1) is 11.3 Å². The number of nitrogens with zero attached hydrogens (tertiary/aromatic N) is 2. The van der Waals surface area contributed by atoms with E-state index >= 15 is 0 Å².